The summed E-state index contributed by atoms with van der Waals surface area (Å²) in [6.07, 6.45) is 0.753. The van der Waals surface area contributed by atoms with Crippen LogP contribution in [0.15, 0.2) is 21.0 Å². The molecule has 0 atom stereocenters. The first-order chi connectivity index (χ1) is 8.63. The van der Waals surface area contributed by atoms with Crippen LogP contribution in [0.1, 0.15) is 12.7 Å². The average Bonchev–Trinajstić information content (AvgIpc) is 2.70. The van der Waals surface area contributed by atoms with Gasteiger partial charge in [0, 0.05) is 26.6 Å². The van der Waals surface area contributed by atoms with E-state index in [0.717, 1.165) is 23.1 Å². The molecule has 0 aliphatic rings. The van der Waals surface area contributed by atoms with E-state index in [-0.39, 0.29) is 5.69 Å². The van der Waals surface area contributed by atoms with E-state index in [1.54, 1.807) is 14.1 Å². The molecule has 0 unspecified atom stereocenters. The lowest BCUT2D eigenvalue weighted by Crippen LogP contribution is -2.12. The second-order valence-electron chi connectivity index (χ2n) is 3.58. The first kappa shape index (κ1) is 12.6. The average molecular weight is 266 g/mol. The largest absolute Gasteiger partial charge is 0.373 e. The predicted molar refractivity (Wildman–Crippen MR) is 68.9 cm³/mol. The van der Waals surface area contributed by atoms with E-state index < -0.39 is 0 Å². The molecule has 0 saturated carbocycles. The minimum absolute atomic E-state index is 0.240. The Bertz CT molecular complexity index is 582. The van der Waals surface area contributed by atoms with Crippen molar-refractivity contribution < 1.29 is 0 Å². The number of nitrogens with one attached hydrogen (secondary N) is 2. The number of aromatic amines is 1. The van der Waals surface area contributed by atoms with Gasteiger partial charge in [0.05, 0.1) is 0 Å². The number of aryl methyl sites for hydroxylation is 1. The van der Waals surface area contributed by atoms with E-state index in [4.69, 9.17) is 0 Å². The monoisotopic (exact) mass is 266 g/mol. The van der Waals surface area contributed by atoms with Gasteiger partial charge in [-0.3, -0.25) is 4.57 Å². The first-order valence-electron chi connectivity index (χ1n) is 5.49. The minimum Gasteiger partial charge on any atom is -0.373 e. The molecule has 0 aromatic carbocycles. The summed E-state index contributed by atoms with van der Waals surface area (Å²) in [6.45, 7) is 1.99. The quantitative estimate of drug-likeness (QED) is 0.790. The van der Waals surface area contributed by atoms with Crippen molar-refractivity contribution in [2.24, 2.45) is 7.05 Å². The van der Waals surface area contributed by atoms with E-state index in [1.165, 1.54) is 16.3 Å². The first-order valence-corrected chi connectivity index (χ1v) is 6.30. The molecule has 0 saturated heterocycles. The summed E-state index contributed by atoms with van der Waals surface area (Å²) in [5, 5.41) is 10.6. The lowest BCUT2D eigenvalue weighted by molar-refractivity contribution is 0.763. The lowest BCUT2D eigenvalue weighted by Gasteiger charge is -2.05. The molecule has 0 spiro atoms. The number of hydrogen-bond donors (Lipinski definition) is 2. The highest BCUT2D eigenvalue weighted by Crippen LogP contribution is 2.24. The number of anilines is 1. The molecule has 2 N–H and O–H groups in total. The molecule has 2 heterocycles. The highest BCUT2D eigenvalue weighted by Gasteiger charge is 2.09. The van der Waals surface area contributed by atoms with Gasteiger partial charge in [0.2, 0.25) is 0 Å². The third kappa shape index (κ3) is 2.53. The molecule has 0 radical (unpaired) electrons. The number of H-pyrrole nitrogens is 1. The predicted octanol–water partition coefficient (Wildman–Crippen LogP) is 0.654. The fourth-order valence-electron chi connectivity index (χ4n) is 1.33. The molecule has 96 valence electrons. The second-order valence-corrected chi connectivity index (χ2v) is 4.57. The molecule has 8 heteroatoms. The normalized spacial score (nSPS) is 10.6. The maximum absolute atomic E-state index is 11.3. The number of nitrogens with zero attached hydrogens (tertiary/aromatic N) is 4. The summed E-state index contributed by atoms with van der Waals surface area (Å²) < 4.78 is 1.44. The fraction of sp³-hybridized carbons (Fsp3) is 0.400. The third-order valence-electron chi connectivity index (χ3n) is 2.36. The molecule has 0 amide bonds. The molecule has 18 heavy (non-hydrogen) atoms. The number of rotatable bonds is 4. The summed E-state index contributed by atoms with van der Waals surface area (Å²) >= 11 is 1.32. The molecule has 2 aromatic heterocycles. The van der Waals surface area contributed by atoms with Gasteiger partial charge in [0.15, 0.2) is 5.16 Å². The molecular weight excluding hydrogens is 252 g/mol. The topological polar surface area (TPSA) is 88.5 Å². The van der Waals surface area contributed by atoms with Crippen molar-refractivity contribution in [1.29, 1.82) is 0 Å². The molecule has 0 aliphatic heterocycles. The van der Waals surface area contributed by atoms with Gasteiger partial charge >= 0.3 is 5.69 Å². The Morgan fingerprint density at radius 3 is 2.83 bits per heavy atom. The van der Waals surface area contributed by atoms with Gasteiger partial charge in [0.25, 0.3) is 0 Å². The molecule has 0 fully saturated rings. The number of aromatic nitrogens is 5. The van der Waals surface area contributed by atoms with Crippen LogP contribution in [-0.2, 0) is 13.5 Å². The zero-order valence-electron chi connectivity index (χ0n) is 10.4. The molecule has 2 aromatic rings. The van der Waals surface area contributed by atoms with E-state index in [9.17, 15) is 4.79 Å². The van der Waals surface area contributed by atoms with Crippen molar-refractivity contribution in [3.8, 4) is 0 Å². The van der Waals surface area contributed by atoms with Gasteiger partial charge < -0.3 is 5.32 Å². The van der Waals surface area contributed by atoms with Crippen LogP contribution in [0.2, 0.25) is 0 Å². The van der Waals surface area contributed by atoms with Gasteiger partial charge in [-0.2, -0.15) is 0 Å². The number of hydrogen-bond acceptors (Lipinski definition) is 6. The molecule has 2 rings (SSSR count). The Hall–Kier alpha value is -1.83. The summed E-state index contributed by atoms with van der Waals surface area (Å²) in [5.74, 6) is 1.51. The summed E-state index contributed by atoms with van der Waals surface area (Å²) in [6, 6.07) is 1.82. The molecule has 0 bridgehead atoms. The van der Waals surface area contributed by atoms with Crippen LogP contribution in [0.25, 0.3) is 0 Å². The zero-order valence-corrected chi connectivity index (χ0v) is 11.2. The standard InChI is InChI=1S/C10H14N6OS/c1-4-6-12-7(11-2)5-8(13-6)18-10-15-14-9(17)16(10)3/h5H,4H2,1-3H3,(H,14,17)(H,11,12,13). The van der Waals surface area contributed by atoms with Crippen LogP contribution in [0.5, 0.6) is 0 Å². The zero-order chi connectivity index (χ0) is 13.1. The smallest absolute Gasteiger partial charge is 0.343 e. The van der Waals surface area contributed by atoms with Crippen LogP contribution in [0, 0.1) is 0 Å². The van der Waals surface area contributed by atoms with E-state index >= 15 is 0 Å². The van der Waals surface area contributed by atoms with Crippen LogP contribution in [0.3, 0.4) is 0 Å². The second kappa shape index (κ2) is 5.21. The Morgan fingerprint density at radius 2 is 2.28 bits per heavy atom. The van der Waals surface area contributed by atoms with Crippen molar-refractivity contribution in [2.45, 2.75) is 23.5 Å². The SMILES string of the molecule is CCc1nc(NC)cc(Sc2n[nH]c(=O)n2C)n1. The lowest BCUT2D eigenvalue weighted by atomic mass is 10.4. The van der Waals surface area contributed by atoms with Crippen molar-refractivity contribution in [3.05, 3.63) is 22.4 Å². The highest BCUT2D eigenvalue weighted by molar-refractivity contribution is 7.99. The van der Waals surface area contributed by atoms with Crippen LogP contribution >= 0.6 is 11.8 Å². The third-order valence-corrected chi connectivity index (χ3v) is 3.32. The van der Waals surface area contributed by atoms with Gasteiger partial charge in [-0.25, -0.2) is 19.9 Å². The maximum atomic E-state index is 11.3. The Balaban J connectivity index is 2.33. The highest BCUT2D eigenvalue weighted by atomic mass is 32.2. The van der Waals surface area contributed by atoms with Gasteiger partial charge in [-0.15, -0.1) is 5.10 Å². The Morgan fingerprint density at radius 1 is 1.50 bits per heavy atom. The van der Waals surface area contributed by atoms with Crippen molar-refractivity contribution >= 4 is 17.6 Å². The van der Waals surface area contributed by atoms with E-state index in [2.05, 4.69) is 25.5 Å². The Labute approximate surface area is 108 Å². The molecule has 0 aliphatic carbocycles. The van der Waals surface area contributed by atoms with Crippen molar-refractivity contribution in [3.63, 3.8) is 0 Å². The molecule has 7 nitrogen and oxygen atoms in total. The van der Waals surface area contributed by atoms with Crippen molar-refractivity contribution in [1.82, 2.24) is 24.7 Å². The van der Waals surface area contributed by atoms with E-state index in [0.29, 0.717) is 5.16 Å². The Kier molecular flexibility index (Phi) is 3.66. The van der Waals surface area contributed by atoms with Crippen LogP contribution < -0.4 is 11.0 Å². The minimum atomic E-state index is -0.240. The fourth-order valence-corrected chi connectivity index (χ4v) is 2.15. The summed E-state index contributed by atoms with van der Waals surface area (Å²) in [5.41, 5.74) is -0.240. The van der Waals surface area contributed by atoms with Gasteiger partial charge in [-0.1, -0.05) is 6.92 Å². The van der Waals surface area contributed by atoms with Crippen molar-refractivity contribution in [2.75, 3.05) is 12.4 Å². The van der Waals surface area contributed by atoms with Gasteiger partial charge in [0.1, 0.15) is 16.7 Å². The van der Waals surface area contributed by atoms with Gasteiger partial charge in [-0.05, 0) is 11.8 Å². The van der Waals surface area contributed by atoms with Crippen LogP contribution in [-0.4, -0.2) is 31.8 Å². The maximum Gasteiger partial charge on any atom is 0.343 e. The summed E-state index contributed by atoms with van der Waals surface area (Å²) in [7, 11) is 3.47. The van der Waals surface area contributed by atoms with Crippen LogP contribution in [0.4, 0.5) is 5.82 Å². The summed E-state index contributed by atoms with van der Waals surface area (Å²) in [4.78, 5) is 20.0. The molecular formula is C10H14N6OS. The van der Waals surface area contributed by atoms with E-state index in [1.807, 2.05) is 13.0 Å².